The summed E-state index contributed by atoms with van der Waals surface area (Å²) < 4.78 is 5.58. The maximum Gasteiger partial charge on any atom is 0.258 e. The van der Waals surface area contributed by atoms with Gasteiger partial charge in [-0.3, -0.25) is 9.69 Å². The standard InChI is InChI=1S/C17H20N2O2/c1-2-12-3-4-16-14(9-12)15(11-21-16)17(20)19-8-7-18-6-5-13(19)10-18/h3-4,9,11,13H,2,5-8,10H2,1H3. The topological polar surface area (TPSA) is 36.7 Å². The summed E-state index contributed by atoms with van der Waals surface area (Å²) in [4.78, 5) is 17.4. The van der Waals surface area contributed by atoms with Crippen LogP contribution in [0.2, 0.25) is 0 Å². The van der Waals surface area contributed by atoms with Crippen LogP contribution in [0.5, 0.6) is 0 Å². The molecular weight excluding hydrogens is 264 g/mol. The fourth-order valence-electron chi connectivity index (χ4n) is 3.59. The van der Waals surface area contributed by atoms with Crippen LogP contribution in [0.4, 0.5) is 0 Å². The highest BCUT2D eigenvalue weighted by molar-refractivity contribution is 6.06. The van der Waals surface area contributed by atoms with Crippen molar-refractivity contribution in [3.05, 3.63) is 35.6 Å². The zero-order valence-electron chi connectivity index (χ0n) is 12.3. The molecule has 1 aromatic carbocycles. The molecule has 2 aliphatic heterocycles. The molecule has 2 atom stereocenters. The lowest BCUT2D eigenvalue weighted by Gasteiger charge is -2.34. The molecule has 2 fully saturated rings. The van der Waals surface area contributed by atoms with Gasteiger partial charge in [-0.1, -0.05) is 13.0 Å². The van der Waals surface area contributed by atoms with Crippen LogP contribution in [0.3, 0.4) is 0 Å². The van der Waals surface area contributed by atoms with Crippen molar-refractivity contribution in [2.75, 3.05) is 26.2 Å². The molecule has 3 heterocycles. The van der Waals surface area contributed by atoms with Crippen molar-refractivity contribution < 1.29 is 9.21 Å². The van der Waals surface area contributed by atoms with Gasteiger partial charge in [-0.05, 0) is 30.5 Å². The first kappa shape index (κ1) is 12.9. The molecular formula is C17H20N2O2. The van der Waals surface area contributed by atoms with E-state index in [4.69, 9.17) is 4.42 Å². The zero-order valence-corrected chi connectivity index (χ0v) is 12.3. The first-order chi connectivity index (χ1) is 10.3. The second-order valence-corrected chi connectivity index (χ2v) is 6.08. The predicted molar refractivity (Wildman–Crippen MR) is 81.5 cm³/mol. The summed E-state index contributed by atoms with van der Waals surface area (Å²) in [5.41, 5.74) is 2.77. The van der Waals surface area contributed by atoms with Crippen molar-refractivity contribution >= 4 is 16.9 Å². The minimum absolute atomic E-state index is 0.133. The van der Waals surface area contributed by atoms with E-state index in [1.165, 1.54) is 5.56 Å². The van der Waals surface area contributed by atoms with E-state index in [0.29, 0.717) is 6.04 Å². The highest BCUT2D eigenvalue weighted by Gasteiger charge is 2.36. The van der Waals surface area contributed by atoms with Gasteiger partial charge in [0.15, 0.2) is 0 Å². The average molecular weight is 284 g/mol. The van der Waals surface area contributed by atoms with Gasteiger partial charge in [-0.15, -0.1) is 0 Å². The van der Waals surface area contributed by atoms with E-state index in [9.17, 15) is 4.79 Å². The Labute approximate surface area is 124 Å². The van der Waals surface area contributed by atoms with Gasteiger partial charge in [-0.25, -0.2) is 0 Å². The Balaban J connectivity index is 1.70. The lowest BCUT2D eigenvalue weighted by molar-refractivity contribution is 0.0610. The molecule has 2 unspecified atom stereocenters. The zero-order chi connectivity index (χ0) is 14.4. The monoisotopic (exact) mass is 284 g/mol. The third-order valence-corrected chi connectivity index (χ3v) is 4.88. The van der Waals surface area contributed by atoms with Gasteiger partial charge < -0.3 is 9.32 Å². The van der Waals surface area contributed by atoms with E-state index in [0.717, 1.165) is 55.6 Å². The number of hydrogen-bond donors (Lipinski definition) is 0. The van der Waals surface area contributed by atoms with E-state index in [1.54, 1.807) is 6.26 Å². The molecule has 2 aliphatic rings. The fourth-order valence-corrected chi connectivity index (χ4v) is 3.59. The molecule has 4 heteroatoms. The summed E-state index contributed by atoms with van der Waals surface area (Å²) in [5, 5.41) is 0.958. The molecule has 0 spiro atoms. The number of aryl methyl sites for hydroxylation is 1. The Morgan fingerprint density at radius 1 is 1.33 bits per heavy atom. The first-order valence-electron chi connectivity index (χ1n) is 7.79. The van der Waals surface area contributed by atoms with Crippen LogP contribution in [0.25, 0.3) is 11.0 Å². The second kappa shape index (κ2) is 4.88. The number of benzene rings is 1. The molecule has 2 saturated heterocycles. The molecule has 0 N–H and O–H groups in total. The summed E-state index contributed by atoms with van der Waals surface area (Å²) in [6.07, 6.45) is 3.70. The Morgan fingerprint density at radius 3 is 3.10 bits per heavy atom. The van der Waals surface area contributed by atoms with Gasteiger partial charge >= 0.3 is 0 Å². The number of carbonyl (C=O) groups excluding carboxylic acids is 1. The van der Waals surface area contributed by atoms with Crippen LogP contribution in [-0.2, 0) is 6.42 Å². The third-order valence-electron chi connectivity index (χ3n) is 4.88. The van der Waals surface area contributed by atoms with Gasteiger partial charge in [0.25, 0.3) is 5.91 Å². The van der Waals surface area contributed by atoms with Crippen LogP contribution in [0.1, 0.15) is 29.3 Å². The molecule has 2 aromatic rings. The van der Waals surface area contributed by atoms with Crippen molar-refractivity contribution in [3.63, 3.8) is 0 Å². The molecule has 1 amide bonds. The van der Waals surface area contributed by atoms with Gasteiger partial charge in [0.1, 0.15) is 11.8 Å². The number of nitrogens with zero attached hydrogens (tertiary/aromatic N) is 2. The number of furan rings is 1. The maximum atomic E-state index is 12.9. The van der Waals surface area contributed by atoms with Crippen LogP contribution in [-0.4, -0.2) is 47.9 Å². The van der Waals surface area contributed by atoms with Crippen molar-refractivity contribution in [1.82, 2.24) is 9.80 Å². The summed E-state index contributed by atoms with van der Waals surface area (Å²) in [6, 6.07) is 6.51. The lowest BCUT2D eigenvalue weighted by Crippen LogP contribution is -2.49. The Morgan fingerprint density at radius 2 is 2.24 bits per heavy atom. The molecule has 0 aliphatic carbocycles. The Hall–Kier alpha value is -1.81. The number of fused-ring (bicyclic) bond motifs is 3. The first-order valence-corrected chi connectivity index (χ1v) is 7.79. The van der Waals surface area contributed by atoms with Gasteiger partial charge in [-0.2, -0.15) is 0 Å². The Bertz CT molecular complexity index is 691. The molecule has 2 bridgehead atoms. The number of carbonyl (C=O) groups is 1. The number of hydrogen-bond acceptors (Lipinski definition) is 3. The van der Waals surface area contributed by atoms with Crippen LogP contribution >= 0.6 is 0 Å². The number of rotatable bonds is 2. The normalized spacial score (nSPS) is 24.7. The van der Waals surface area contributed by atoms with Crippen molar-refractivity contribution in [3.8, 4) is 0 Å². The van der Waals surface area contributed by atoms with E-state index < -0.39 is 0 Å². The van der Waals surface area contributed by atoms with Gasteiger partial charge in [0.05, 0.1) is 5.56 Å². The van der Waals surface area contributed by atoms with E-state index >= 15 is 0 Å². The smallest absolute Gasteiger partial charge is 0.258 e. The predicted octanol–water partition coefficient (Wildman–Crippen LogP) is 2.53. The van der Waals surface area contributed by atoms with Gasteiger partial charge in [0, 0.05) is 37.6 Å². The second-order valence-electron chi connectivity index (χ2n) is 6.08. The molecule has 21 heavy (non-hydrogen) atoms. The van der Waals surface area contributed by atoms with Crippen molar-refractivity contribution in [2.24, 2.45) is 0 Å². The quantitative estimate of drug-likeness (QED) is 0.850. The Kier molecular flexibility index (Phi) is 3.00. The molecule has 0 saturated carbocycles. The van der Waals surface area contributed by atoms with Crippen LogP contribution in [0, 0.1) is 0 Å². The third kappa shape index (κ3) is 2.05. The molecule has 4 nitrogen and oxygen atoms in total. The summed E-state index contributed by atoms with van der Waals surface area (Å²) in [5.74, 6) is 0.133. The van der Waals surface area contributed by atoms with Crippen LogP contribution < -0.4 is 0 Å². The van der Waals surface area contributed by atoms with Crippen LogP contribution in [0.15, 0.2) is 28.9 Å². The number of piperazine rings is 1. The summed E-state index contributed by atoms with van der Waals surface area (Å²) in [7, 11) is 0. The van der Waals surface area contributed by atoms with E-state index in [1.807, 2.05) is 11.0 Å². The maximum absolute atomic E-state index is 12.9. The molecule has 0 radical (unpaired) electrons. The molecule has 4 rings (SSSR count). The minimum Gasteiger partial charge on any atom is -0.463 e. The fraction of sp³-hybridized carbons (Fsp3) is 0.471. The van der Waals surface area contributed by atoms with Crippen molar-refractivity contribution in [1.29, 1.82) is 0 Å². The highest BCUT2D eigenvalue weighted by atomic mass is 16.3. The molecule has 1 aromatic heterocycles. The molecule has 110 valence electrons. The average Bonchev–Trinajstić information content (AvgIpc) is 3.10. The lowest BCUT2D eigenvalue weighted by atomic mass is 10.1. The minimum atomic E-state index is 0.133. The number of amides is 1. The van der Waals surface area contributed by atoms with E-state index in [2.05, 4.69) is 24.0 Å². The summed E-state index contributed by atoms with van der Waals surface area (Å²) >= 11 is 0. The highest BCUT2D eigenvalue weighted by Crippen LogP contribution is 2.27. The van der Waals surface area contributed by atoms with E-state index in [-0.39, 0.29) is 5.91 Å². The van der Waals surface area contributed by atoms with Crippen molar-refractivity contribution in [2.45, 2.75) is 25.8 Å². The SMILES string of the molecule is CCc1ccc2occ(C(=O)N3CCN4CCC3C4)c2c1. The largest absolute Gasteiger partial charge is 0.463 e. The summed E-state index contributed by atoms with van der Waals surface area (Å²) in [6.45, 7) is 6.12. The van der Waals surface area contributed by atoms with Gasteiger partial charge in [0.2, 0.25) is 0 Å².